The Balaban J connectivity index is 1.29. The van der Waals surface area contributed by atoms with Crippen molar-refractivity contribution in [1.82, 2.24) is 34.7 Å². The molecule has 194 valence electrons. The van der Waals surface area contributed by atoms with E-state index < -0.39 is 6.10 Å². The fourth-order valence-electron chi connectivity index (χ4n) is 4.98. The van der Waals surface area contributed by atoms with E-state index in [1.54, 1.807) is 17.5 Å². The molecule has 2 saturated heterocycles. The number of H-pyrrole nitrogens is 1. The number of thiophene rings is 1. The van der Waals surface area contributed by atoms with Gasteiger partial charge in [0, 0.05) is 69.0 Å². The first-order chi connectivity index (χ1) is 18.1. The van der Waals surface area contributed by atoms with Crippen LogP contribution in [0.25, 0.3) is 32.8 Å². The van der Waals surface area contributed by atoms with Gasteiger partial charge in [-0.25, -0.2) is 19.9 Å². The predicted octanol–water partition coefficient (Wildman–Crippen LogP) is 1.45. The van der Waals surface area contributed by atoms with Crippen molar-refractivity contribution in [3.8, 4) is 11.4 Å². The van der Waals surface area contributed by atoms with Gasteiger partial charge in [-0.1, -0.05) is 0 Å². The van der Waals surface area contributed by atoms with Gasteiger partial charge in [0.2, 0.25) is 0 Å². The Labute approximate surface area is 218 Å². The van der Waals surface area contributed by atoms with Crippen LogP contribution in [0.2, 0.25) is 0 Å². The number of hydrogen-bond donors (Lipinski definition) is 2. The van der Waals surface area contributed by atoms with Gasteiger partial charge in [0.05, 0.1) is 24.1 Å². The highest BCUT2D eigenvalue weighted by atomic mass is 32.1. The van der Waals surface area contributed by atoms with Gasteiger partial charge in [-0.3, -0.25) is 9.80 Å². The van der Waals surface area contributed by atoms with Gasteiger partial charge in [-0.05, 0) is 19.1 Å². The second-order valence-corrected chi connectivity index (χ2v) is 10.7. The van der Waals surface area contributed by atoms with Crippen LogP contribution in [0, 0.1) is 6.92 Å². The number of β-amino-alcohol motifs (C(OH)–C–C–N with tert-alkyl or cyclic N) is 1. The zero-order chi connectivity index (χ0) is 25.4. The summed E-state index contributed by atoms with van der Waals surface area (Å²) in [6.07, 6.45) is 1.49. The third-order valence-electron chi connectivity index (χ3n) is 6.90. The Hall–Kier alpha value is -3.03. The Bertz CT molecular complexity index is 1410. The number of morpholine rings is 1. The molecule has 0 spiro atoms. The zero-order valence-electron chi connectivity index (χ0n) is 20.8. The van der Waals surface area contributed by atoms with E-state index in [1.807, 2.05) is 13.0 Å². The van der Waals surface area contributed by atoms with E-state index in [2.05, 4.69) is 35.7 Å². The number of anilines is 1. The first-order valence-corrected chi connectivity index (χ1v) is 13.4. The van der Waals surface area contributed by atoms with Crippen molar-refractivity contribution in [2.24, 2.45) is 0 Å². The van der Waals surface area contributed by atoms with Crippen molar-refractivity contribution in [2.75, 3.05) is 63.9 Å². The van der Waals surface area contributed by atoms with E-state index in [0.29, 0.717) is 37.5 Å². The van der Waals surface area contributed by atoms with Crippen molar-refractivity contribution in [3.63, 3.8) is 0 Å². The van der Waals surface area contributed by atoms with Crippen LogP contribution >= 0.6 is 11.3 Å². The highest BCUT2D eigenvalue weighted by Gasteiger charge is 2.23. The number of aliphatic hydroxyl groups excluding tert-OH is 1. The van der Waals surface area contributed by atoms with Crippen LogP contribution in [0.1, 0.15) is 10.7 Å². The summed E-state index contributed by atoms with van der Waals surface area (Å²) < 4.78 is 5.60. The number of aldehydes is 1. The molecule has 2 N–H and O–H groups in total. The summed E-state index contributed by atoms with van der Waals surface area (Å²) in [5.41, 5.74) is 2.42. The molecule has 37 heavy (non-hydrogen) atoms. The summed E-state index contributed by atoms with van der Waals surface area (Å²) in [5, 5.41) is 10.7. The number of ether oxygens (including phenoxy) is 1. The molecule has 0 radical (unpaired) electrons. The number of fused-ring (bicyclic) bond motifs is 2. The summed E-state index contributed by atoms with van der Waals surface area (Å²) in [6.45, 7) is 9.56. The van der Waals surface area contributed by atoms with Gasteiger partial charge in [0.15, 0.2) is 11.5 Å². The summed E-state index contributed by atoms with van der Waals surface area (Å²) >= 11 is 1.71. The van der Waals surface area contributed by atoms with E-state index >= 15 is 0 Å². The average molecular weight is 523 g/mol. The van der Waals surface area contributed by atoms with Crippen LogP contribution in [0.3, 0.4) is 0 Å². The number of carbonyl (C=O) groups excluding carboxylic acids is 1. The molecule has 2 fully saturated rings. The van der Waals surface area contributed by atoms with Crippen LogP contribution in [0.5, 0.6) is 0 Å². The van der Waals surface area contributed by atoms with Crippen molar-refractivity contribution < 1.29 is 14.6 Å². The van der Waals surface area contributed by atoms with Gasteiger partial charge in [0.1, 0.15) is 28.9 Å². The lowest BCUT2D eigenvalue weighted by Gasteiger charge is -2.34. The number of aliphatic hydroxyl groups is 1. The smallest absolute Gasteiger partial charge is 0.177 e. The lowest BCUT2D eigenvalue weighted by atomic mass is 10.2. The summed E-state index contributed by atoms with van der Waals surface area (Å²) in [4.78, 5) is 42.0. The number of hydrogen-bond acceptors (Lipinski definition) is 11. The topological polar surface area (TPSA) is 124 Å². The maximum Gasteiger partial charge on any atom is 0.177 e. The van der Waals surface area contributed by atoms with Gasteiger partial charge in [-0.15, -0.1) is 11.3 Å². The molecule has 0 aliphatic carbocycles. The molecular formula is C25H30N8O3S. The lowest BCUT2D eigenvalue weighted by molar-refractivity contribution is -0.115. The number of rotatable bonds is 7. The van der Waals surface area contributed by atoms with Gasteiger partial charge < -0.3 is 24.5 Å². The minimum atomic E-state index is -0.909. The maximum atomic E-state index is 10.8. The SMILES string of the molecule is Cc1nc2ncc(-c3nc(N4CCOCC4)c4cc(CN5CCN(C[C@H](O)C=O)CC5)sc4n3)cc2[nH]1. The molecule has 6 rings (SSSR count). The molecule has 2 aliphatic heterocycles. The number of nitrogens with zero attached hydrogens (tertiary/aromatic N) is 7. The third-order valence-corrected chi connectivity index (χ3v) is 7.91. The quantitative estimate of drug-likeness (QED) is 0.345. The van der Waals surface area contributed by atoms with Crippen LogP contribution in [-0.4, -0.2) is 111 Å². The number of pyridine rings is 1. The number of imidazole rings is 1. The van der Waals surface area contributed by atoms with E-state index in [0.717, 1.165) is 78.8 Å². The lowest BCUT2D eigenvalue weighted by Crippen LogP contribution is -2.48. The summed E-state index contributed by atoms with van der Waals surface area (Å²) in [6, 6.07) is 4.25. The molecule has 0 aromatic carbocycles. The molecule has 0 bridgehead atoms. The van der Waals surface area contributed by atoms with Crippen molar-refractivity contribution >= 4 is 44.8 Å². The monoisotopic (exact) mass is 522 g/mol. The van der Waals surface area contributed by atoms with Gasteiger partial charge in [-0.2, -0.15) is 0 Å². The minimum Gasteiger partial charge on any atom is -0.384 e. The van der Waals surface area contributed by atoms with Gasteiger partial charge in [0.25, 0.3) is 0 Å². The Morgan fingerprint density at radius 3 is 2.68 bits per heavy atom. The molecule has 0 amide bonds. The Kier molecular flexibility index (Phi) is 6.82. The molecule has 4 aromatic heterocycles. The van der Waals surface area contributed by atoms with Gasteiger partial charge >= 0.3 is 0 Å². The van der Waals surface area contributed by atoms with E-state index in [9.17, 15) is 9.90 Å². The highest BCUT2D eigenvalue weighted by Crippen LogP contribution is 2.34. The number of aromatic nitrogens is 5. The molecule has 11 nitrogen and oxygen atoms in total. The van der Waals surface area contributed by atoms with Crippen LogP contribution in [0.15, 0.2) is 18.3 Å². The summed E-state index contributed by atoms with van der Waals surface area (Å²) in [7, 11) is 0. The first kappa shape index (κ1) is 24.3. The van der Waals surface area contributed by atoms with Crippen molar-refractivity contribution in [3.05, 3.63) is 29.0 Å². The fraction of sp³-hybridized carbons (Fsp3) is 0.480. The number of aromatic amines is 1. The number of carbonyl (C=O) groups is 1. The molecule has 0 saturated carbocycles. The molecule has 12 heteroatoms. The summed E-state index contributed by atoms with van der Waals surface area (Å²) in [5.74, 6) is 2.43. The van der Waals surface area contributed by atoms with E-state index in [1.165, 1.54) is 4.88 Å². The second-order valence-electron chi connectivity index (χ2n) is 9.60. The Morgan fingerprint density at radius 2 is 1.89 bits per heavy atom. The molecule has 4 aromatic rings. The van der Waals surface area contributed by atoms with Crippen LogP contribution in [-0.2, 0) is 16.1 Å². The molecule has 6 heterocycles. The second kappa shape index (κ2) is 10.4. The molecule has 0 unspecified atom stereocenters. The van der Waals surface area contributed by atoms with Crippen LogP contribution in [0.4, 0.5) is 5.82 Å². The number of aryl methyl sites for hydroxylation is 1. The van der Waals surface area contributed by atoms with E-state index in [-0.39, 0.29) is 0 Å². The van der Waals surface area contributed by atoms with Crippen molar-refractivity contribution in [2.45, 2.75) is 19.6 Å². The highest BCUT2D eigenvalue weighted by molar-refractivity contribution is 7.18. The first-order valence-electron chi connectivity index (χ1n) is 12.6. The molecule has 1 atom stereocenters. The number of nitrogens with one attached hydrogen (secondary N) is 1. The zero-order valence-corrected chi connectivity index (χ0v) is 21.6. The largest absolute Gasteiger partial charge is 0.384 e. The fourth-order valence-corrected chi connectivity index (χ4v) is 6.04. The predicted molar refractivity (Wildman–Crippen MR) is 142 cm³/mol. The normalized spacial score (nSPS) is 18.6. The maximum absolute atomic E-state index is 10.8. The number of piperazine rings is 1. The third kappa shape index (κ3) is 5.20. The standard InChI is InChI=1S/C25H30N8O3S/c1-16-27-21-10-17(12-26-23(21)28-16)22-29-24(33-6-8-36-9-7-33)20-11-19(37-25(20)30-22)14-32-4-2-31(3-5-32)13-18(35)15-34/h10-12,15,18,35H,2-9,13-14H2,1H3,(H,26,27,28)/t18-/m0/s1. The average Bonchev–Trinajstić information content (AvgIpc) is 3.50. The van der Waals surface area contributed by atoms with Crippen molar-refractivity contribution in [1.29, 1.82) is 0 Å². The van der Waals surface area contributed by atoms with E-state index in [4.69, 9.17) is 14.7 Å². The Morgan fingerprint density at radius 1 is 1.11 bits per heavy atom. The minimum absolute atomic E-state index is 0.403. The van der Waals surface area contributed by atoms with Crippen LogP contribution < -0.4 is 4.90 Å². The molecule has 2 aliphatic rings. The molecular weight excluding hydrogens is 492 g/mol.